The molecular formula is C22H20N8O. The van der Waals surface area contributed by atoms with Gasteiger partial charge in [-0.05, 0) is 37.5 Å². The minimum absolute atomic E-state index is 0.0976. The molecule has 0 aromatic carbocycles. The second-order valence-corrected chi connectivity index (χ2v) is 7.78. The van der Waals surface area contributed by atoms with Crippen LogP contribution >= 0.6 is 0 Å². The maximum Gasteiger partial charge on any atom is 0.161 e. The number of aromatic nitrogens is 7. The van der Waals surface area contributed by atoms with Gasteiger partial charge in [0.25, 0.3) is 0 Å². The van der Waals surface area contributed by atoms with Crippen LogP contribution in [-0.4, -0.2) is 53.3 Å². The molecule has 5 aromatic rings. The van der Waals surface area contributed by atoms with Crippen LogP contribution in [0.4, 0.5) is 5.69 Å². The van der Waals surface area contributed by atoms with Crippen molar-refractivity contribution >= 4 is 27.8 Å². The second kappa shape index (κ2) is 7.05. The minimum Gasteiger partial charge on any atom is -0.506 e. The molecule has 9 nitrogen and oxygen atoms in total. The van der Waals surface area contributed by atoms with Crippen molar-refractivity contribution in [2.24, 2.45) is 0 Å². The van der Waals surface area contributed by atoms with Gasteiger partial charge in [0.05, 0.1) is 29.3 Å². The smallest absolute Gasteiger partial charge is 0.161 e. The number of piperidine rings is 1. The first-order chi connectivity index (χ1) is 15.3. The Morgan fingerprint density at radius 2 is 1.90 bits per heavy atom. The fraction of sp³-hybridized carbons (Fsp3) is 0.227. The molecule has 0 saturated carbocycles. The van der Waals surface area contributed by atoms with Crippen LogP contribution in [0.25, 0.3) is 44.8 Å². The molecule has 3 N–H and O–H groups in total. The Labute approximate surface area is 177 Å². The second-order valence-electron chi connectivity index (χ2n) is 7.78. The van der Waals surface area contributed by atoms with Gasteiger partial charge in [0.15, 0.2) is 11.5 Å². The number of nitrogens with zero attached hydrogens (tertiary/aromatic N) is 6. The number of aromatic hydroxyl groups is 1. The van der Waals surface area contributed by atoms with E-state index in [0.29, 0.717) is 17.2 Å². The van der Waals surface area contributed by atoms with E-state index in [1.807, 2.05) is 18.3 Å². The van der Waals surface area contributed by atoms with Crippen molar-refractivity contribution in [1.82, 2.24) is 35.1 Å². The number of H-pyrrole nitrogens is 2. The molecule has 0 spiro atoms. The number of imidazole rings is 1. The van der Waals surface area contributed by atoms with Gasteiger partial charge < -0.3 is 15.0 Å². The highest BCUT2D eigenvalue weighted by Crippen LogP contribution is 2.32. The third kappa shape index (κ3) is 3.05. The Hall–Kier alpha value is -4.01. The highest BCUT2D eigenvalue weighted by Gasteiger charge is 2.19. The number of nitrogens with one attached hydrogen (secondary N) is 2. The van der Waals surface area contributed by atoms with Crippen molar-refractivity contribution in [2.45, 2.75) is 19.3 Å². The number of fused-ring (bicyclic) bond motifs is 2. The van der Waals surface area contributed by atoms with Crippen molar-refractivity contribution in [3.8, 4) is 28.5 Å². The summed E-state index contributed by atoms with van der Waals surface area (Å²) in [6.45, 7) is 2.08. The van der Waals surface area contributed by atoms with Crippen LogP contribution in [0.3, 0.4) is 0 Å². The van der Waals surface area contributed by atoms with Crippen LogP contribution in [0.5, 0.6) is 5.75 Å². The molecule has 1 fully saturated rings. The lowest BCUT2D eigenvalue weighted by molar-refractivity contribution is 0.473. The first-order valence-corrected chi connectivity index (χ1v) is 10.3. The molecule has 0 unspecified atom stereocenters. The largest absolute Gasteiger partial charge is 0.506 e. The van der Waals surface area contributed by atoms with Crippen molar-refractivity contribution in [3.63, 3.8) is 0 Å². The van der Waals surface area contributed by atoms with Crippen LogP contribution in [0, 0.1) is 0 Å². The van der Waals surface area contributed by atoms with Gasteiger partial charge in [-0.1, -0.05) is 0 Å². The molecular weight excluding hydrogens is 392 g/mol. The lowest BCUT2D eigenvalue weighted by atomic mass is 10.1. The topological polar surface area (TPSA) is 120 Å². The van der Waals surface area contributed by atoms with Gasteiger partial charge in [0.1, 0.15) is 17.0 Å². The number of anilines is 1. The van der Waals surface area contributed by atoms with Gasteiger partial charge in [-0.15, -0.1) is 0 Å². The summed E-state index contributed by atoms with van der Waals surface area (Å²) in [5, 5.41) is 18.2. The van der Waals surface area contributed by atoms with E-state index in [9.17, 15) is 5.11 Å². The highest BCUT2D eigenvalue weighted by atomic mass is 16.3. The van der Waals surface area contributed by atoms with Gasteiger partial charge in [-0.3, -0.25) is 15.1 Å². The Balaban J connectivity index is 1.46. The molecule has 154 valence electrons. The molecule has 6 heterocycles. The summed E-state index contributed by atoms with van der Waals surface area (Å²) < 4.78 is 0. The SMILES string of the molecule is Oc1cncc(-c2cc3c(-c4nc5c(N6CCCCC6)ccnc5[nH]4)n[nH]c3cn2)c1. The van der Waals surface area contributed by atoms with E-state index < -0.39 is 0 Å². The molecule has 0 atom stereocenters. The quantitative estimate of drug-likeness (QED) is 0.414. The highest BCUT2D eigenvalue weighted by molar-refractivity contribution is 5.95. The summed E-state index contributed by atoms with van der Waals surface area (Å²) in [5.74, 6) is 0.754. The standard InChI is InChI=1S/C22H20N8O/c31-14-8-13(10-23-11-14)16-9-15-17(12-25-16)28-29-19(15)22-26-20-18(4-5-24-21(20)27-22)30-6-2-1-3-7-30/h4-5,8-12,31H,1-3,6-7H2,(H,28,29)(H,24,26,27). The van der Waals surface area contributed by atoms with E-state index in [-0.39, 0.29) is 5.75 Å². The van der Waals surface area contributed by atoms with Gasteiger partial charge in [0, 0.05) is 36.4 Å². The van der Waals surface area contributed by atoms with E-state index >= 15 is 0 Å². The van der Waals surface area contributed by atoms with Gasteiger partial charge in [-0.25, -0.2) is 9.97 Å². The Bertz CT molecular complexity index is 1400. The first-order valence-electron chi connectivity index (χ1n) is 10.3. The third-order valence-electron chi connectivity index (χ3n) is 5.75. The van der Waals surface area contributed by atoms with E-state index in [1.165, 1.54) is 25.5 Å². The van der Waals surface area contributed by atoms with Crippen LogP contribution in [0.15, 0.2) is 43.0 Å². The molecule has 31 heavy (non-hydrogen) atoms. The maximum atomic E-state index is 9.76. The van der Waals surface area contributed by atoms with E-state index in [0.717, 1.165) is 46.4 Å². The molecule has 0 radical (unpaired) electrons. The summed E-state index contributed by atoms with van der Waals surface area (Å²) in [6.07, 6.45) is 10.3. The van der Waals surface area contributed by atoms with Gasteiger partial charge in [-0.2, -0.15) is 5.10 Å². The third-order valence-corrected chi connectivity index (χ3v) is 5.75. The molecule has 0 aliphatic carbocycles. The molecule has 0 bridgehead atoms. The Kier molecular flexibility index (Phi) is 4.05. The van der Waals surface area contributed by atoms with Crippen LogP contribution in [-0.2, 0) is 0 Å². The predicted molar refractivity (Wildman–Crippen MR) is 118 cm³/mol. The molecule has 6 rings (SSSR count). The van der Waals surface area contributed by atoms with E-state index in [2.05, 4.69) is 35.0 Å². The van der Waals surface area contributed by atoms with Crippen molar-refractivity contribution in [3.05, 3.63) is 43.0 Å². The van der Waals surface area contributed by atoms with Gasteiger partial charge in [0.2, 0.25) is 0 Å². The van der Waals surface area contributed by atoms with Crippen LogP contribution in [0.2, 0.25) is 0 Å². The Morgan fingerprint density at radius 1 is 1.00 bits per heavy atom. The lowest BCUT2D eigenvalue weighted by Crippen LogP contribution is -2.29. The van der Waals surface area contributed by atoms with Crippen molar-refractivity contribution in [1.29, 1.82) is 0 Å². The maximum absolute atomic E-state index is 9.76. The monoisotopic (exact) mass is 412 g/mol. The zero-order valence-corrected chi connectivity index (χ0v) is 16.7. The zero-order chi connectivity index (χ0) is 20.8. The molecule has 9 heteroatoms. The van der Waals surface area contributed by atoms with Crippen molar-refractivity contribution < 1.29 is 5.11 Å². The normalized spacial score (nSPS) is 14.5. The number of rotatable bonds is 3. The lowest BCUT2D eigenvalue weighted by Gasteiger charge is -2.28. The summed E-state index contributed by atoms with van der Waals surface area (Å²) in [6, 6.07) is 5.60. The summed E-state index contributed by atoms with van der Waals surface area (Å²) >= 11 is 0. The summed E-state index contributed by atoms with van der Waals surface area (Å²) in [7, 11) is 0. The average molecular weight is 412 g/mol. The molecule has 1 aliphatic rings. The number of hydrogen-bond donors (Lipinski definition) is 3. The van der Waals surface area contributed by atoms with E-state index in [1.54, 1.807) is 18.5 Å². The predicted octanol–water partition coefficient (Wildman–Crippen LogP) is 3.65. The van der Waals surface area contributed by atoms with Gasteiger partial charge >= 0.3 is 0 Å². The van der Waals surface area contributed by atoms with Crippen LogP contribution in [0.1, 0.15) is 19.3 Å². The number of aromatic amines is 2. The fourth-order valence-electron chi connectivity index (χ4n) is 4.22. The molecule has 5 aromatic heterocycles. The molecule has 1 saturated heterocycles. The molecule has 1 aliphatic heterocycles. The summed E-state index contributed by atoms with van der Waals surface area (Å²) in [5.41, 5.74) is 5.66. The minimum atomic E-state index is 0.0976. The fourth-order valence-corrected chi connectivity index (χ4v) is 4.22. The number of hydrogen-bond acceptors (Lipinski definition) is 7. The number of pyridine rings is 3. The zero-order valence-electron chi connectivity index (χ0n) is 16.7. The first kappa shape index (κ1) is 17.8. The average Bonchev–Trinajstić information content (AvgIpc) is 3.43. The summed E-state index contributed by atoms with van der Waals surface area (Å²) in [4.78, 5) is 23.6. The Morgan fingerprint density at radius 3 is 2.77 bits per heavy atom. The van der Waals surface area contributed by atoms with Crippen LogP contribution < -0.4 is 4.90 Å². The van der Waals surface area contributed by atoms with Crippen molar-refractivity contribution in [2.75, 3.05) is 18.0 Å². The molecule has 0 amide bonds. The van der Waals surface area contributed by atoms with E-state index in [4.69, 9.17) is 4.98 Å².